The van der Waals surface area contributed by atoms with Gasteiger partial charge in [0.15, 0.2) is 0 Å². The van der Waals surface area contributed by atoms with Crippen molar-refractivity contribution >= 4 is 58.6 Å². The maximum Gasteiger partial charge on any atom is 0.0285 e. The third-order valence-electron chi connectivity index (χ3n) is 6.44. The zero-order valence-electron chi connectivity index (χ0n) is 21.0. The van der Waals surface area contributed by atoms with Crippen LogP contribution in [0.2, 0.25) is 111 Å². The number of hydrogen-bond acceptors (Lipinski definition) is 0. The third-order valence-corrected chi connectivity index (χ3v) is 191. The van der Waals surface area contributed by atoms with Gasteiger partial charge in [-0.3, -0.25) is 7.35 Å². The summed E-state index contributed by atoms with van der Waals surface area (Å²) in [6.45, 7) is 48.1. The molecule has 0 unspecified atom stereocenters. The molecule has 0 amide bonds. The molecular formula is C17H51Si8-. The molecule has 0 spiro atoms. The molecule has 0 aliphatic carbocycles. The molecule has 0 aliphatic heterocycles. The molecule has 0 atom stereocenters. The quantitative estimate of drug-likeness (QED) is 0.349. The van der Waals surface area contributed by atoms with Crippen LogP contribution in [0.4, 0.5) is 0 Å². The Hall–Kier alpha value is 1.74. The summed E-state index contributed by atoms with van der Waals surface area (Å²) >= 11 is 0. The summed E-state index contributed by atoms with van der Waals surface area (Å²) in [5.41, 5.74) is 0. The molecule has 0 heterocycles. The van der Waals surface area contributed by atoms with Crippen molar-refractivity contribution in [1.29, 1.82) is 0 Å². The van der Waals surface area contributed by atoms with Gasteiger partial charge in [-0.25, -0.2) is 0 Å². The van der Waals surface area contributed by atoms with Gasteiger partial charge in [-0.2, -0.15) is 0 Å². The standard InChI is InChI=1S/C17H51Si8/c1-19(2,3)18(20(4,5)6)24(16,17)25(21(7,8)9,22(10,11)12)23(13,14)15/h1-17H3/q-1. The molecule has 152 valence electrons. The van der Waals surface area contributed by atoms with Crippen LogP contribution >= 0.6 is 0 Å². The van der Waals surface area contributed by atoms with Crippen LogP contribution in [0.15, 0.2) is 0 Å². The second-order valence-corrected chi connectivity index (χ2v) is 100. The molecule has 0 bridgehead atoms. The van der Waals surface area contributed by atoms with Crippen molar-refractivity contribution < 1.29 is 0 Å². The summed E-state index contributed by atoms with van der Waals surface area (Å²) in [6.07, 6.45) is -1.24. The van der Waals surface area contributed by atoms with Crippen LogP contribution in [-0.4, -0.2) is 58.6 Å². The third kappa shape index (κ3) is 4.67. The van der Waals surface area contributed by atoms with Crippen molar-refractivity contribution in [1.82, 2.24) is 0 Å². The lowest BCUT2D eigenvalue weighted by molar-refractivity contribution is 1.74. The Morgan fingerprint density at radius 2 is 0.560 bits per heavy atom. The highest BCUT2D eigenvalue weighted by atomic mass is 30.3. The van der Waals surface area contributed by atoms with E-state index >= 15 is 0 Å². The maximum absolute atomic E-state index is 3.00. The predicted molar refractivity (Wildman–Crippen MR) is 146 cm³/mol. The molecule has 0 aromatic heterocycles. The average Bonchev–Trinajstić information content (AvgIpc) is 1.99. The Bertz CT molecular complexity index is 413. The van der Waals surface area contributed by atoms with Crippen LogP contribution in [0.3, 0.4) is 0 Å². The lowest BCUT2D eigenvalue weighted by Gasteiger charge is -2.75. The zero-order valence-corrected chi connectivity index (χ0v) is 29.0. The van der Waals surface area contributed by atoms with Crippen LogP contribution in [0.25, 0.3) is 0 Å². The van der Waals surface area contributed by atoms with E-state index < -0.39 is 51.2 Å². The van der Waals surface area contributed by atoms with Gasteiger partial charge in [0.2, 0.25) is 0 Å². The van der Waals surface area contributed by atoms with Crippen LogP contribution < -0.4 is 0 Å². The van der Waals surface area contributed by atoms with Gasteiger partial charge in [-0.05, 0) is 0 Å². The molecule has 0 aromatic carbocycles. The van der Waals surface area contributed by atoms with E-state index in [1.54, 1.807) is 0 Å². The molecule has 0 aliphatic rings. The highest BCUT2D eigenvalue weighted by Crippen LogP contribution is 2.46. The largest absolute Gasteiger partial charge is 0.254 e. The Morgan fingerprint density at radius 3 is 0.680 bits per heavy atom. The van der Waals surface area contributed by atoms with Gasteiger partial charge in [-0.15, -0.1) is 35.4 Å². The predicted octanol–water partition coefficient (Wildman–Crippen LogP) is 6.88. The van der Waals surface area contributed by atoms with E-state index in [-0.39, 0.29) is 7.35 Å². The highest BCUT2D eigenvalue weighted by Gasteiger charge is 2.67. The summed E-state index contributed by atoms with van der Waals surface area (Å²) in [6, 6.07) is 0. The highest BCUT2D eigenvalue weighted by molar-refractivity contribution is 8.16. The van der Waals surface area contributed by atoms with Crippen molar-refractivity contribution in [3.63, 3.8) is 0 Å². The molecule has 0 saturated heterocycles. The molecule has 0 nitrogen and oxygen atoms in total. The van der Waals surface area contributed by atoms with Crippen LogP contribution in [-0.2, 0) is 0 Å². The normalized spacial score (nSPS) is 16.6. The fourth-order valence-electron chi connectivity index (χ4n) is 9.38. The van der Waals surface area contributed by atoms with Gasteiger partial charge >= 0.3 is 0 Å². The molecule has 0 fully saturated rings. The SMILES string of the molecule is C[Si](C)(C)[Si-]([Si](C)(C)C)[Si](C)(C)[Si]([Si](C)(C)C)([Si](C)(C)C)[Si](C)(C)C. The molecule has 0 N–H and O–H groups in total. The number of hydrogen-bond donors (Lipinski definition) is 0. The minimum absolute atomic E-state index is 0.173. The topological polar surface area (TPSA) is 0 Å². The summed E-state index contributed by atoms with van der Waals surface area (Å²) in [5, 5.41) is 0. The molecule has 0 saturated carbocycles. The second-order valence-electron chi connectivity index (χ2n) is 14.0. The van der Waals surface area contributed by atoms with E-state index in [2.05, 4.69) is 111 Å². The first-order valence-corrected chi connectivity index (χ1v) is 41.2. The fourth-order valence-corrected chi connectivity index (χ4v) is 344. The van der Waals surface area contributed by atoms with Crippen molar-refractivity contribution in [2.75, 3.05) is 0 Å². The first-order chi connectivity index (χ1) is 10.4. The van der Waals surface area contributed by atoms with Crippen molar-refractivity contribution in [2.24, 2.45) is 0 Å². The molecule has 0 radical (unpaired) electrons. The monoisotopic (exact) mass is 479 g/mol. The van der Waals surface area contributed by atoms with Gasteiger partial charge in [0.05, 0.1) is 0 Å². The first kappa shape index (κ1) is 26.7. The molecular weight excluding hydrogens is 429 g/mol. The van der Waals surface area contributed by atoms with E-state index in [0.717, 1.165) is 0 Å². The Balaban J connectivity index is 7.28. The van der Waals surface area contributed by atoms with E-state index in [0.29, 0.717) is 0 Å². The molecule has 8 heteroatoms. The van der Waals surface area contributed by atoms with Crippen molar-refractivity contribution in [3.8, 4) is 0 Å². The summed E-state index contributed by atoms with van der Waals surface area (Å²) in [4.78, 5) is 0. The van der Waals surface area contributed by atoms with E-state index in [4.69, 9.17) is 0 Å². The van der Waals surface area contributed by atoms with Crippen LogP contribution in [0, 0.1) is 0 Å². The van der Waals surface area contributed by atoms with E-state index in [1.165, 1.54) is 0 Å². The lowest BCUT2D eigenvalue weighted by atomic mass is 11.8. The smallest absolute Gasteiger partial charge is 0.0285 e. The molecule has 0 aromatic rings. The zero-order chi connectivity index (χ0) is 21.1. The molecule has 25 heavy (non-hydrogen) atoms. The maximum atomic E-state index is 3.00. The first-order valence-electron chi connectivity index (χ1n) is 10.2. The van der Waals surface area contributed by atoms with E-state index in [9.17, 15) is 0 Å². The van der Waals surface area contributed by atoms with Crippen LogP contribution in [0.5, 0.6) is 0 Å². The molecule has 0 rings (SSSR count). The summed E-state index contributed by atoms with van der Waals surface area (Å²) in [5.74, 6) is 0. The minimum atomic E-state index is -1.24. The van der Waals surface area contributed by atoms with Crippen molar-refractivity contribution in [2.45, 2.75) is 111 Å². The second kappa shape index (κ2) is 7.21. The summed E-state index contributed by atoms with van der Waals surface area (Å²) in [7, 11) is -7.08. The van der Waals surface area contributed by atoms with Gasteiger partial charge < -0.3 is 0 Å². The van der Waals surface area contributed by atoms with Gasteiger partial charge in [0.1, 0.15) is 0 Å². The van der Waals surface area contributed by atoms with Crippen LogP contribution in [0.1, 0.15) is 0 Å². The van der Waals surface area contributed by atoms with Gasteiger partial charge in [0.25, 0.3) is 0 Å². The number of rotatable bonds is 7. The Morgan fingerprint density at radius 1 is 0.360 bits per heavy atom. The van der Waals surface area contributed by atoms with Crippen molar-refractivity contribution in [3.05, 3.63) is 0 Å². The Kier molecular flexibility index (Phi) is 7.71. The summed E-state index contributed by atoms with van der Waals surface area (Å²) < 4.78 is 0. The lowest BCUT2D eigenvalue weighted by Crippen LogP contribution is -2.98. The minimum Gasteiger partial charge on any atom is -0.254 e. The fraction of sp³-hybridized carbons (Fsp3) is 1.00. The van der Waals surface area contributed by atoms with E-state index in [1.807, 2.05) is 0 Å². The van der Waals surface area contributed by atoms with Gasteiger partial charge in [-0.1, -0.05) is 98.2 Å². The van der Waals surface area contributed by atoms with Gasteiger partial charge in [0, 0.05) is 28.9 Å². The Labute approximate surface area is 169 Å². The average molecular weight is 480 g/mol.